The maximum atomic E-state index is 12.0. The molecule has 2 aromatic rings. The lowest BCUT2D eigenvalue weighted by molar-refractivity contribution is 0.831. The largest absolute Gasteiger partial charge is 0.277 e. The Balaban J connectivity index is 3.09. The standard InChI is InChI=1S/C11H12ClN3O/c1-5-6(2)10-13-8(4)7(3)11(16)15(10)14-9(5)12/h1-4H3. The van der Waals surface area contributed by atoms with Gasteiger partial charge < -0.3 is 0 Å². The minimum atomic E-state index is -0.160. The van der Waals surface area contributed by atoms with Gasteiger partial charge in [-0.3, -0.25) is 4.79 Å². The summed E-state index contributed by atoms with van der Waals surface area (Å²) in [5, 5.41) is 4.39. The van der Waals surface area contributed by atoms with Crippen LogP contribution in [0.15, 0.2) is 4.79 Å². The summed E-state index contributed by atoms with van der Waals surface area (Å²) in [4.78, 5) is 16.3. The molecular weight excluding hydrogens is 226 g/mol. The molecule has 0 bridgehead atoms. The molecule has 0 atom stereocenters. The highest BCUT2D eigenvalue weighted by Crippen LogP contribution is 2.18. The number of aromatic nitrogens is 3. The van der Waals surface area contributed by atoms with Gasteiger partial charge in [-0.2, -0.15) is 9.61 Å². The minimum Gasteiger partial charge on any atom is -0.267 e. The van der Waals surface area contributed by atoms with Crippen molar-refractivity contribution in [1.82, 2.24) is 14.6 Å². The predicted octanol–water partition coefficient (Wildman–Crippen LogP) is 1.98. The quantitative estimate of drug-likeness (QED) is 0.704. The van der Waals surface area contributed by atoms with Gasteiger partial charge in [-0.15, -0.1) is 0 Å². The average Bonchev–Trinajstić information content (AvgIpc) is 2.25. The molecule has 2 aromatic heterocycles. The van der Waals surface area contributed by atoms with Crippen LogP contribution in [0, 0.1) is 27.7 Å². The molecule has 0 aliphatic rings. The third kappa shape index (κ3) is 1.41. The first-order valence-corrected chi connectivity index (χ1v) is 5.34. The second-order valence-electron chi connectivity index (χ2n) is 3.90. The molecule has 0 radical (unpaired) electrons. The molecule has 0 unspecified atom stereocenters. The van der Waals surface area contributed by atoms with Gasteiger partial charge in [0.1, 0.15) is 0 Å². The Bertz CT molecular complexity index is 646. The van der Waals surface area contributed by atoms with Gasteiger partial charge in [0.2, 0.25) is 0 Å². The molecule has 0 saturated heterocycles. The van der Waals surface area contributed by atoms with Crippen molar-refractivity contribution in [2.24, 2.45) is 0 Å². The van der Waals surface area contributed by atoms with Gasteiger partial charge in [-0.05, 0) is 38.8 Å². The van der Waals surface area contributed by atoms with E-state index in [1.807, 2.05) is 20.8 Å². The molecule has 84 valence electrons. The number of aryl methyl sites for hydroxylation is 2. The molecule has 5 heteroatoms. The summed E-state index contributed by atoms with van der Waals surface area (Å²) in [5.74, 6) is 0. The summed E-state index contributed by atoms with van der Waals surface area (Å²) in [5.41, 5.74) is 3.50. The molecule has 0 saturated carbocycles. The molecular formula is C11H12ClN3O. The topological polar surface area (TPSA) is 47.3 Å². The van der Waals surface area contributed by atoms with Gasteiger partial charge in [0.15, 0.2) is 10.8 Å². The number of hydrogen-bond acceptors (Lipinski definition) is 3. The molecule has 0 aromatic carbocycles. The second-order valence-corrected chi connectivity index (χ2v) is 4.26. The van der Waals surface area contributed by atoms with Gasteiger partial charge in [0.25, 0.3) is 5.56 Å². The number of hydrogen-bond donors (Lipinski definition) is 0. The van der Waals surface area contributed by atoms with E-state index >= 15 is 0 Å². The van der Waals surface area contributed by atoms with Crippen molar-refractivity contribution in [1.29, 1.82) is 0 Å². The van der Waals surface area contributed by atoms with Gasteiger partial charge in [0.05, 0.1) is 0 Å². The van der Waals surface area contributed by atoms with Gasteiger partial charge >= 0.3 is 0 Å². The Morgan fingerprint density at radius 3 is 2.31 bits per heavy atom. The summed E-state index contributed by atoms with van der Waals surface area (Å²) >= 11 is 5.96. The van der Waals surface area contributed by atoms with Crippen LogP contribution < -0.4 is 5.56 Å². The van der Waals surface area contributed by atoms with Crippen molar-refractivity contribution in [2.75, 3.05) is 0 Å². The van der Waals surface area contributed by atoms with Crippen molar-refractivity contribution in [3.8, 4) is 0 Å². The number of halogens is 1. The molecule has 0 fully saturated rings. The fraction of sp³-hybridized carbons (Fsp3) is 0.364. The zero-order chi connectivity index (χ0) is 12.0. The van der Waals surface area contributed by atoms with E-state index in [4.69, 9.17) is 11.6 Å². The monoisotopic (exact) mass is 237 g/mol. The average molecular weight is 238 g/mol. The SMILES string of the molecule is Cc1nc2c(C)c(C)c(Cl)nn2c(=O)c1C. The normalized spacial score (nSPS) is 11.1. The van der Waals surface area contributed by atoms with Crippen LogP contribution in [0.2, 0.25) is 5.15 Å². The molecule has 0 N–H and O–H groups in total. The van der Waals surface area contributed by atoms with Gasteiger partial charge in [0, 0.05) is 11.3 Å². The zero-order valence-corrected chi connectivity index (χ0v) is 10.4. The lowest BCUT2D eigenvalue weighted by Crippen LogP contribution is -2.22. The zero-order valence-electron chi connectivity index (χ0n) is 9.63. The highest BCUT2D eigenvalue weighted by molar-refractivity contribution is 6.30. The second kappa shape index (κ2) is 3.56. The van der Waals surface area contributed by atoms with Crippen LogP contribution in [0.3, 0.4) is 0 Å². The first-order valence-electron chi connectivity index (χ1n) is 4.96. The maximum Gasteiger partial charge on any atom is 0.277 e. The van der Waals surface area contributed by atoms with Crippen LogP contribution in [0.4, 0.5) is 0 Å². The highest BCUT2D eigenvalue weighted by atomic mass is 35.5. The summed E-state index contributed by atoms with van der Waals surface area (Å²) in [6, 6.07) is 0. The molecule has 16 heavy (non-hydrogen) atoms. The van der Waals surface area contributed by atoms with Crippen molar-refractivity contribution in [3.05, 3.63) is 37.9 Å². The summed E-state index contributed by atoms with van der Waals surface area (Å²) in [7, 11) is 0. The van der Waals surface area contributed by atoms with E-state index < -0.39 is 0 Å². The van der Waals surface area contributed by atoms with E-state index in [0.29, 0.717) is 16.4 Å². The van der Waals surface area contributed by atoms with Crippen LogP contribution in [-0.4, -0.2) is 14.6 Å². The van der Waals surface area contributed by atoms with Gasteiger partial charge in [-0.25, -0.2) is 4.98 Å². The van der Waals surface area contributed by atoms with Crippen molar-refractivity contribution in [2.45, 2.75) is 27.7 Å². The Hall–Kier alpha value is -1.42. The predicted molar refractivity (Wildman–Crippen MR) is 63.2 cm³/mol. The van der Waals surface area contributed by atoms with Crippen LogP contribution in [0.5, 0.6) is 0 Å². The van der Waals surface area contributed by atoms with E-state index in [-0.39, 0.29) is 5.56 Å². The van der Waals surface area contributed by atoms with Crippen LogP contribution in [0.1, 0.15) is 22.4 Å². The van der Waals surface area contributed by atoms with Crippen molar-refractivity contribution in [3.63, 3.8) is 0 Å². The smallest absolute Gasteiger partial charge is 0.267 e. The van der Waals surface area contributed by atoms with Crippen LogP contribution >= 0.6 is 11.6 Å². The fourth-order valence-electron chi connectivity index (χ4n) is 1.52. The third-order valence-electron chi connectivity index (χ3n) is 2.93. The van der Waals surface area contributed by atoms with E-state index in [9.17, 15) is 4.79 Å². The molecule has 0 spiro atoms. The van der Waals surface area contributed by atoms with Crippen LogP contribution in [0.25, 0.3) is 5.65 Å². The summed E-state index contributed by atoms with van der Waals surface area (Å²) < 4.78 is 1.27. The molecule has 0 aliphatic heterocycles. The molecule has 2 heterocycles. The highest BCUT2D eigenvalue weighted by Gasteiger charge is 2.12. The summed E-state index contributed by atoms with van der Waals surface area (Å²) in [6.45, 7) is 7.31. The Labute approximate surface area is 97.9 Å². The Morgan fingerprint density at radius 1 is 1.06 bits per heavy atom. The first-order chi connectivity index (χ1) is 7.43. The van der Waals surface area contributed by atoms with E-state index in [2.05, 4.69) is 10.1 Å². The Morgan fingerprint density at radius 2 is 1.69 bits per heavy atom. The fourth-order valence-corrected chi connectivity index (χ4v) is 1.74. The van der Waals surface area contributed by atoms with Crippen molar-refractivity contribution >= 4 is 17.2 Å². The van der Waals surface area contributed by atoms with Gasteiger partial charge in [-0.1, -0.05) is 11.6 Å². The number of rotatable bonds is 0. The van der Waals surface area contributed by atoms with E-state index in [1.54, 1.807) is 6.92 Å². The number of fused-ring (bicyclic) bond motifs is 1. The molecule has 0 amide bonds. The third-order valence-corrected chi connectivity index (χ3v) is 3.28. The van der Waals surface area contributed by atoms with E-state index in [1.165, 1.54) is 4.52 Å². The first kappa shape index (κ1) is 11.1. The Kier molecular flexibility index (Phi) is 2.46. The minimum absolute atomic E-state index is 0.160. The molecule has 4 nitrogen and oxygen atoms in total. The van der Waals surface area contributed by atoms with Crippen molar-refractivity contribution < 1.29 is 0 Å². The van der Waals surface area contributed by atoms with E-state index in [0.717, 1.165) is 16.8 Å². The van der Waals surface area contributed by atoms with Crippen LogP contribution in [-0.2, 0) is 0 Å². The maximum absolute atomic E-state index is 12.0. The lowest BCUT2D eigenvalue weighted by atomic mass is 10.2. The molecule has 0 aliphatic carbocycles. The summed E-state index contributed by atoms with van der Waals surface area (Å²) in [6.07, 6.45) is 0. The lowest BCUT2D eigenvalue weighted by Gasteiger charge is -2.09. The molecule has 2 rings (SSSR count). The number of nitrogens with zero attached hydrogens (tertiary/aromatic N) is 3.